The molecule has 1 aliphatic rings. The molecule has 0 aromatic carbocycles. The zero-order valence-corrected chi connectivity index (χ0v) is 14.9. The molecular weight excluding hydrogens is 356 g/mol. The Morgan fingerprint density at radius 1 is 1.38 bits per heavy atom. The number of hydrogen-bond acceptors (Lipinski definition) is 4. The molecule has 1 saturated heterocycles. The molecule has 0 atom stereocenters. The summed E-state index contributed by atoms with van der Waals surface area (Å²) in [5, 5.41) is 0.667. The fourth-order valence-corrected chi connectivity index (χ4v) is 2.91. The molecule has 0 N–H and O–H groups in total. The van der Waals surface area contributed by atoms with E-state index in [0.29, 0.717) is 5.02 Å². The Bertz CT molecular complexity index is 523. The van der Waals surface area contributed by atoms with Crippen LogP contribution in [0.4, 0.5) is 5.69 Å². The number of esters is 1. The van der Waals surface area contributed by atoms with Crippen molar-refractivity contribution in [2.75, 3.05) is 18.0 Å². The lowest BCUT2D eigenvalue weighted by atomic mass is 9.96. The van der Waals surface area contributed by atoms with Crippen molar-refractivity contribution in [1.82, 2.24) is 4.98 Å². The molecule has 0 spiro atoms. The third-order valence-electron chi connectivity index (χ3n) is 3.40. The van der Waals surface area contributed by atoms with Gasteiger partial charge in [-0.2, -0.15) is 0 Å². The molecule has 1 aliphatic heterocycles. The van der Waals surface area contributed by atoms with Gasteiger partial charge in [0.15, 0.2) is 0 Å². The lowest BCUT2D eigenvalue weighted by Gasteiger charge is -2.34. The summed E-state index contributed by atoms with van der Waals surface area (Å²) in [6.45, 7) is 7.25. The number of ether oxygens (including phenoxy) is 1. The van der Waals surface area contributed by atoms with Crippen molar-refractivity contribution < 1.29 is 9.53 Å². The van der Waals surface area contributed by atoms with Crippen molar-refractivity contribution in [1.29, 1.82) is 0 Å². The second-order valence-corrected chi connectivity index (χ2v) is 7.48. The summed E-state index contributed by atoms with van der Waals surface area (Å²) in [5.41, 5.74) is 0.486. The fourth-order valence-electron chi connectivity index (χ4n) is 2.37. The first-order valence-corrected chi connectivity index (χ1v) is 8.22. The summed E-state index contributed by atoms with van der Waals surface area (Å²) in [7, 11) is 0. The van der Waals surface area contributed by atoms with Crippen LogP contribution in [0.1, 0.15) is 33.6 Å². The Labute approximate surface area is 139 Å². The van der Waals surface area contributed by atoms with Crippen molar-refractivity contribution in [2.24, 2.45) is 5.92 Å². The zero-order chi connectivity index (χ0) is 15.6. The fraction of sp³-hybridized carbons (Fsp3) is 0.600. The summed E-state index contributed by atoms with van der Waals surface area (Å²) in [4.78, 5) is 18.4. The number of carbonyl (C=O) groups is 1. The summed E-state index contributed by atoms with van der Waals surface area (Å²) >= 11 is 9.68. The van der Waals surface area contributed by atoms with Crippen LogP contribution in [-0.2, 0) is 9.53 Å². The van der Waals surface area contributed by atoms with Crippen molar-refractivity contribution >= 4 is 39.2 Å². The molecule has 0 radical (unpaired) electrons. The molecule has 6 heteroatoms. The van der Waals surface area contributed by atoms with Gasteiger partial charge in [0.25, 0.3) is 0 Å². The first-order chi connectivity index (χ1) is 9.78. The SMILES string of the molecule is CC(C)(C)OC(=O)C1CCN(c2cncc(Br)c2Cl)CC1. The predicted molar refractivity (Wildman–Crippen MR) is 87.7 cm³/mol. The summed E-state index contributed by atoms with van der Waals surface area (Å²) in [6, 6.07) is 0. The monoisotopic (exact) mass is 374 g/mol. The van der Waals surface area contributed by atoms with E-state index in [0.717, 1.165) is 36.1 Å². The van der Waals surface area contributed by atoms with Crippen LogP contribution in [0.25, 0.3) is 0 Å². The molecule has 116 valence electrons. The lowest BCUT2D eigenvalue weighted by molar-refractivity contribution is -0.160. The molecule has 0 amide bonds. The van der Waals surface area contributed by atoms with Crippen molar-refractivity contribution in [3.63, 3.8) is 0 Å². The van der Waals surface area contributed by atoms with Gasteiger partial charge < -0.3 is 9.64 Å². The largest absolute Gasteiger partial charge is 0.460 e. The molecule has 2 heterocycles. The van der Waals surface area contributed by atoms with Crippen LogP contribution in [0.5, 0.6) is 0 Å². The van der Waals surface area contributed by atoms with Crippen molar-refractivity contribution in [3.05, 3.63) is 21.9 Å². The van der Waals surface area contributed by atoms with Crippen LogP contribution in [0.15, 0.2) is 16.9 Å². The highest BCUT2D eigenvalue weighted by molar-refractivity contribution is 9.10. The van der Waals surface area contributed by atoms with Gasteiger partial charge in [-0.15, -0.1) is 0 Å². The Morgan fingerprint density at radius 2 is 2.00 bits per heavy atom. The third kappa shape index (κ3) is 4.33. The van der Waals surface area contributed by atoms with E-state index in [-0.39, 0.29) is 11.9 Å². The Balaban J connectivity index is 1.97. The summed E-state index contributed by atoms with van der Waals surface area (Å²) < 4.78 is 6.25. The topological polar surface area (TPSA) is 42.4 Å². The normalized spacial score (nSPS) is 16.9. The first-order valence-electron chi connectivity index (χ1n) is 7.05. The minimum absolute atomic E-state index is 0.0284. The number of halogens is 2. The molecule has 4 nitrogen and oxygen atoms in total. The van der Waals surface area contributed by atoms with Gasteiger partial charge in [0.05, 0.1) is 27.3 Å². The number of aromatic nitrogens is 1. The molecule has 0 bridgehead atoms. The number of rotatable bonds is 2. The van der Waals surface area contributed by atoms with E-state index in [9.17, 15) is 4.79 Å². The maximum absolute atomic E-state index is 12.1. The second kappa shape index (κ2) is 6.53. The number of nitrogens with zero attached hydrogens (tertiary/aromatic N) is 2. The number of pyridine rings is 1. The van der Waals surface area contributed by atoms with E-state index in [4.69, 9.17) is 16.3 Å². The Morgan fingerprint density at radius 3 is 2.57 bits per heavy atom. The van der Waals surface area contributed by atoms with E-state index in [1.54, 1.807) is 12.4 Å². The van der Waals surface area contributed by atoms with Crippen LogP contribution < -0.4 is 4.90 Å². The average molecular weight is 376 g/mol. The van der Waals surface area contributed by atoms with Crippen molar-refractivity contribution in [3.8, 4) is 0 Å². The van der Waals surface area contributed by atoms with E-state index in [1.165, 1.54) is 0 Å². The second-order valence-electron chi connectivity index (χ2n) is 6.25. The van der Waals surface area contributed by atoms with Gasteiger partial charge in [0.1, 0.15) is 5.60 Å². The quantitative estimate of drug-likeness (QED) is 0.731. The highest BCUT2D eigenvalue weighted by atomic mass is 79.9. The van der Waals surface area contributed by atoms with Crippen LogP contribution in [-0.4, -0.2) is 29.6 Å². The first kappa shape index (κ1) is 16.6. The van der Waals surface area contributed by atoms with Gasteiger partial charge in [-0.3, -0.25) is 9.78 Å². The van der Waals surface area contributed by atoms with Gasteiger partial charge in [-0.1, -0.05) is 11.6 Å². The van der Waals surface area contributed by atoms with E-state index < -0.39 is 5.60 Å². The highest BCUT2D eigenvalue weighted by Crippen LogP contribution is 2.34. The van der Waals surface area contributed by atoms with Gasteiger partial charge >= 0.3 is 5.97 Å². The smallest absolute Gasteiger partial charge is 0.309 e. The minimum atomic E-state index is -0.425. The number of piperidine rings is 1. The molecule has 0 unspecified atom stereocenters. The highest BCUT2D eigenvalue weighted by Gasteiger charge is 2.29. The summed E-state index contributed by atoms with van der Waals surface area (Å²) in [5.74, 6) is -0.125. The number of anilines is 1. The molecule has 0 aliphatic carbocycles. The number of carbonyl (C=O) groups excluding carboxylic acids is 1. The van der Waals surface area contributed by atoms with Crippen LogP contribution in [0, 0.1) is 5.92 Å². The van der Waals surface area contributed by atoms with Gasteiger partial charge in [-0.25, -0.2) is 0 Å². The van der Waals surface area contributed by atoms with E-state index in [2.05, 4.69) is 25.8 Å². The van der Waals surface area contributed by atoms with Crippen LogP contribution in [0.2, 0.25) is 5.02 Å². The van der Waals surface area contributed by atoms with Gasteiger partial charge in [0, 0.05) is 19.3 Å². The molecule has 1 fully saturated rings. The Kier molecular flexibility index (Phi) is 5.15. The van der Waals surface area contributed by atoms with Crippen molar-refractivity contribution in [2.45, 2.75) is 39.2 Å². The maximum Gasteiger partial charge on any atom is 0.309 e. The molecule has 21 heavy (non-hydrogen) atoms. The van der Waals surface area contributed by atoms with E-state index in [1.807, 2.05) is 20.8 Å². The van der Waals surface area contributed by atoms with Gasteiger partial charge in [0.2, 0.25) is 0 Å². The molecule has 2 rings (SSSR count). The van der Waals surface area contributed by atoms with Gasteiger partial charge in [-0.05, 0) is 49.5 Å². The van der Waals surface area contributed by atoms with Crippen LogP contribution in [0.3, 0.4) is 0 Å². The molecular formula is C15H20BrClN2O2. The Hall–Kier alpha value is -0.810. The molecule has 0 saturated carbocycles. The molecule has 1 aromatic rings. The minimum Gasteiger partial charge on any atom is -0.460 e. The number of hydrogen-bond donors (Lipinski definition) is 0. The maximum atomic E-state index is 12.1. The third-order valence-corrected chi connectivity index (χ3v) is 4.62. The summed E-state index contributed by atoms with van der Waals surface area (Å²) in [6.07, 6.45) is 5.00. The van der Waals surface area contributed by atoms with E-state index >= 15 is 0 Å². The lowest BCUT2D eigenvalue weighted by Crippen LogP contribution is -2.39. The standard InChI is InChI=1S/C15H20BrClN2O2/c1-15(2,3)21-14(20)10-4-6-19(7-5-10)12-9-18-8-11(16)13(12)17/h8-10H,4-7H2,1-3H3. The predicted octanol–water partition coefficient (Wildman–Crippen LogP) is 4.06. The van der Waals surface area contributed by atoms with Crippen LogP contribution >= 0.6 is 27.5 Å². The zero-order valence-electron chi connectivity index (χ0n) is 12.5. The average Bonchev–Trinajstić information content (AvgIpc) is 2.40. The molecule has 1 aromatic heterocycles.